The normalized spacial score (nSPS) is 29.3. The number of rotatable bonds is 2. The molecular weight excluding hydrogens is 406 g/mol. The van der Waals surface area contributed by atoms with Gasteiger partial charge in [-0.2, -0.15) is 4.73 Å². The maximum Gasteiger partial charge on any atom is 0.242 e. The third-order valence-electron chi connectivity index (χ3n) is 10.0. The Bertz CT molecular complexity index is 1320. The number of nitrogens with zero attached hydrogens (tertiary/aromatic N) is 3. The highest BCUT2D eigenvalue weighted by Crippen LogP contribution is 2.62. The van der Waals surface area contributed by atoms with E-state index in [-0.39, 0.29) is 5.41 Å². The van der Waals surface area contributed by atoms with Gasteiger partial charge in [0.25, 0.3) is 0 Å². The molecule has 0 radical (unpaired) electrons. The van der Waals surface area contributed by atoms with Crippen LogP contribution >= 0.6 is 0 Å². The third kappa shape index (κ3) is 2.50. The molecule has 0 N–H and O–H groups in total. The molecule has 0 amide bonds. The molecule has 9 rings (SSSR count). The van der Waals surface area contributed by atoms with Crippen LogP contribution in [-0.4, -0.2) is 9.97 Å². The van der Waals surface area contributed by atoms with Crippen LogP contribution in [0.25, 0.3) is 22.8 Å². The van der Waals surface area contributed by atoms with E-state index in [9.17, 15) is 5.21 Å². The van der Waals surface area contributed by atoms with Gasteiger partial charge in [-0.1, -0.05) is 39.8 Å². The second kappa shape index (κ2) is 6.22. The van der Waals surface area contributed by atoms with Gasteiger partial charge in [0.1, 0.15) is 5.69 Å². The van der Waals surface area contributed by atoms with Crippen molar-refractivity contribution in [3.8, 4) is 22.8 Å². The molecule has 3 aromatic rings. The topological polar surface area (TPSA) is 52.7 Å². The Hall–Kier alpha value is -2.75. The molecule has 0 spiro atoms. The highest BCUT2D eigenvalue weighted by molar-refractivity contribution is 5.61. The van der Waals surface area contributed by atoms with Gasteiger partial charge < -0.3 is 5.21 Å². The van der Waals surface area contributed by atoms with Crippen LogP contribution in [0.4, 0.5) is 0 Å². The summed E-state index contributed by atoms with van der Waals surface area (Å²) in [4.78, 5) is 10.1. The molecule has 0 saturated heterocycles. The third-order valence-corrected chi connectivity index (χ3v) is 10.0. The summed E-state index contributed by atoms with van der Waals surface area (Å²) < 4.78 is 1.18. The van der Waals surface area contributed by atoms with Gasteiger partial charge in [0.05, 0.1) is 17.3 Å². The van der Waals surface area contributed by atoms with Gasteiger partial charge in [-0.05, 0) is 78.2 Å². The van der Waals surface area contributed by atoms with E-state index in [4.69, 9.17) is 9.97 Å². The molecule has 4 heteroatoms. The second-order valence-corrected chi connectivity index (χ2v) is 12.1. The molecule has 6 aliphatic carbocycles. The van der Waals surface area contributed by atoms with Crippen LogP contribution in [-0.2, 0) is 12.8 Å². The zero-order valence-electron chi connectivity index (χ0n) is 19.9. The standard InChI is InChI=1S/C29H31N3O/c1-28(2)18-12-16-8-10-23(31-26(16)20(28)14-18)22-6-5-7-24(30-22)25-11-9-17-13-19-15-21(29(19,3)4)27(17)32(25)33/h5-11,18-21H,12-15H2,1-4H3/t18-,19-,20-,21-/m0/s1. The van der Waals surface area contributed by atoms with E-state index in [1.165, 1.54) is 28.0 Å². The van der Waals surface area contributed by atoms with Gasteiger partial charge in [-0.25, -0.2) is 4.98 Å². The van der Waals surface area contributed by atoms with Gasteiger partial charge in [0, 0.05) is 23.2 Å². The van der Waals surface area contributed by atoms with Crippen LogP contribution in [0, 0.1) is 27.9 Å². The van der Waals surface area contributed by atoms with Crippen LogP contribution in [0.15, 0.2) is 42.5 Å². The summed E-state index contributed by atoms with van der Waals surface area (Å²) in [5, 5.41) is 13.6. The molecule has 4 atom stereocenters. The largest absolute Gasteiger partial charge is 0.618 e. The van der Waals surface area contributed by atoms with Crippen molar-refractivity contribution in [2.75, 3.05) is 0 Å². The van der Waals surface area contributed by atoms with Crippen molar-refractivity contribution in [2.24, 2.45) is 22.7 Å². The molecule has 4 bridgehead atoms. The predicted octanol–water partition coefficient (Wildman–Crippen LogP) is 5.82. The van der Waals surface area contributed by atoms with Crippen molar-refractivity contribution in [3.05, 3.63) is 70.2 Å². The van der Waals surface area contributed by atoms with Crippen LogP contribution in [0.5, 0.6) is 0 Å². The average molecular weight is 438 g/mol. The van der Waals surface area contributed by atoms with E-state index in [1.807, 2.05) is 24.3 Å². The summed E-state index contributed by atoms with van der Waals surface area (Å²) in [6, 6.07) is 14.5. The highest BCUT2D eigenvalue weighted by atomic mass is 16.5. The first-order valence-electron chi connectivity index (χ1n) is 12.5. The Morgan fingerprint density at radius 3 is 2.15 bits per heavy atom. The zero-order valence-corrected chi connectivity index (χ0v) is 19.9. The maximum absolute atomic E-state index is 13.6. The van der Waals surface area contributed by atoms with Crippen LogP contribution in [0.2, 0.25) is 0 Å². The van der Waals surface area contributed by atoms with Crippen LogP contribution in [0.1, 0.15) is 74.9 Å². The van der Waals surface area contributed by atoms with E-state index >= 15 is 0 Å². The lowest BCUT2D eigenvalue weighted by Crippen LogP contribution is -2.54. The Morgan fingerprint density at radius 1 is 0.758 bits per heavy atom. The molecule has 2 saturated carbocycles. The maximum atomic E-state index is 13.6. The van der Waals surface area contributed by atoms with Crippen molar-refractivity contribution in [2.45, 2.75) is 65.2 Å². The fraction of sp³-hybridized carbons (Fsp3) is 0.483. The first-order valence-corrected chi connectivity index (χ1v) is 12.5. The Balaban J connectivity index is 1.29. The molecule has 2 fully saturated rings. The smallest absolute Gasteiger partial charge is 0.242 e. The molecule has 0 unspecified atom stereocenters. The van der Waals surface area contributed by atoms with Gasteiger partial charge in [0.2, 0.25) is 5.69 Å². The lowest BCUT2D eigenvalue weighted by molar-refractivity contribution is -0.608. The minimum atomic E-state index is 0.217. The molecule has 168 valence electrons. The van der Waals surface area contributed by atoms with Crippen molar-refractivity contribution in [1.29, 1.82) is 0 Å². The fourth-order valence-electron chi connectivity index (χ4n) is 7.34. The minimum absolute atomic E-state index is 0.217. The number of hydrogen-bond acceptors (Lipinski definition) is 3. The summed E-state index contributed by atoms with van der Waals surface area (Å²) in [5.41, 5.74) is 8.57. The average Bonchev–Trinajstić information content (AvgIpc) is 2.83. The fourth-order valence-corrected chi connectivity index (χ4v) is 7.34. The van der Waals surface area contributed by atoms with E-state index in [2.05, 4.69) is 45.9 Å². The molecule has 4 nitrogen and oxygen atoms in total. The molecule has 0 aromatic carbocycles. The monoisotopic (exact) mass is 437 g/mol. The van der Waals surface area contributed by atoms with Crippen molar-refractivity contribution >= 4 is 0 Å². The summed E-state index contributed by atoms with van der Waals surface area (Å²) in [6.07, 6.45) is 4.56. The molecule has 6 aliphatic rings. The van der Waals surface area contributed by atoms with Crippen LogP contribution < -0.4 is 4.73 Å². The first-order chi connectivity index (χ1) is 15.7. The molecule has 3 heterocycles. The quantitative estimate of drug-likeness (QED) is 0.375. The Labute approximate surface area is 195 Å². The minimum Gasteiger partial charge on any atom is -0.618 e. The highest BCUT2D eigenvalue weighted by Gasteiger charge is 2.56. The molecule has 0 aliphatic heterocycles. The number of aromatic nitrogens is 3. The summed E-state index contributed by atoms with van der Waals surface area (Å²) in [7, 11) is 0. The van der Waals surface area contributed by atoms with Gasteiger partial charge in [-0.3, -0.25) is 4.98 Å². The summed E-state index contributed by atoms with van der Waals surface area (Å²) in [6.45, 7) is 9.40. The van der Waals surface area contributed by atoms with Crippen molar-refractivity contribution in [3.63, 3.8) is 0 Å². The Morgan fingerprint density at radius 2 is 1.39 bits per heavy atom. The van der Waals surface area contributed by atoms with Crippen LogP contribution in [0.3, 0.4) is 0 Å². The van der Waals surface area contributed by atoms with Gasteiger partial charge in [-0.15, -0.1) is 0 Å². The van der Waals surface area contributed by atoms with E-state index in [1.54, 1.807) is 0 Å². The van der Waals surface area contributed by atoms with E-state index < -0.39 is 0 Å². The zero-order chi connectivity index (χ0) is 22.7. The summed E-state index contributed by atoms with van der Waals surface area (Å²) in [5.74, 6) is 2.39. The lowest BCUT2D eigenvalue weighted by Gasteiger charge is -2.56. The van der Waals surface area contributed by atoms with Crippen molar-refractivity contribution in [1.82, 2.24) is 9.97 Å². The molecule has 33 heavy (non-hydrogen) atoms. The van der Waals surface area contributed by atoms with Gasteiger partial charge >= 0.3 is 0 Å². The molecular formula is C29H31N3O. The molecule has 3 aromatic heterocycles. The summed E-state index contributed by atoms with van der Waals surface area (Å²) >= 11 is 0. The lowest BCUT2D eigenvalue weighted by atomic mass is 9.48. The van der Waals surface area contributed by atoms with E-state index in [0.717, 1.165) is 48.0 Å². The Kier molecular flexibility index (Phi) is 3.71. The first kappa shape index (κ1) is 19.7. The number of hydrogen-bond donors (Lipinski definition) is 0. The van der Waals surface area contributed by atoms with E-state index in [0.29, 0.717) is 28.9 Å². The van der Waals surface area contributed by atoms with Gasteiger partial charge in [0.15, 0.2) is 5.69 Å². The second-order valence-electron chi connectivity index (χ2n) is 12.1. The SMILES string of the molecule is CC1(C)[C@H]2Cc3ccc(-c4cccc(-c5ccc6c([n+]5[O-])[C@@H]5C[C@H](C6)C5(C)C)n4)nc3[C@@H]1C2. The number of pyridine rings is 3. The predicted molar refractivity (Wildman–Crippen MR) is 129 cm³/mol. The van der Waals surface area contributed by atoms with Crippen molar-refractivity contribution < 1.29 is 4.73 Å².